The molecule has 1 aliphatic rings. The van der Waals surface area contributed by atoms with Crippen molar-refractivity contribution in [1.29, 1.82) is 0 Å². The Hall–Kier alpha value is -0.660. The van der Waals surface area contributed by atoms with Gasteiger partial charge < -0.3 is 10.6 Å². The van der Waals surface area contributed by atoms with Crippen LogP contribution in [0.25, 0.3) is 0 Å². The third-order valence-corrected chi connectivity index (χ3v) is 5.49. The lowest BCUT2D eigenvalue weighted by molar-refractivity contribution is -0.134. The van der Waals surface area contributed by atoms with Crippen LogP contribution in [0.4, 0.5) is 0 Å². The van der Waals surface area contributed by atoms with E-state index in [4.69, 9.17) is 5.73 Å². The molecule has 19 heavy (non-hydrogen) atoms. The van der Waals surface area contributed by atoms with Gasteiger partial charge in [-0.15, -0.1) is 0 Å². The molecule has 0 aromatic carbocycles. The van der Waals surface area contributed by atoms with Crippen LogP contribution in [0.3, 0.4) is 0 Å². The molecule has 1 amide bonds. The van der Waals surface area contributed by atoms with E-state index in [1.165, 1.54) is 4.31 Å². The smallest absolute Gasteiger partial charge is 0.239 e. The van der Waals surface area contributed by atoms with E-state index in [-0.39, 0.29) is 17.6 Å². The lowest BCUT2D eigenvalue weighted by atomic mass is 10.0. The lowest BCUT2D eigenvalue weighted by Gasteiger charge is -2.35. The Morgan fingerprint density at radius 3 is 2.16 bits per heavy atom. The lowest BCUT2D eigenvalue weighted by Crippen LogP contribution is -2.55. The Kier molecular flexibility index (Phi) is 5.76. The second-order valence-corrected chi connectivity index (χ2v) is 7.40. The van der Waals surface area contributed by atoms with Gasteiger partial charge in [0.15, 0.2) is 0 Å². The normalized spacial score (nSPS) is 19.7. The number of nitrogens with zero attached hydrogens (tertiary/aromatic N) is 2. The molecule has 0 radical (unpaired) electrons. The highest BCUT2D eigenvalue weighted by Crippen LogP contribution is 2.11. The number of hydrogen-bond acceptors (Lipinski definition) is 4. The second-order valence-electron chi connectivity index (χ2n) is 5.31. The van der Waals surface area contributed by atoms with Gasteiger partial charge >= 0.3 is 0 Å². The van der Waals surface area contributed by atoms with Crippen LogP contribution in [0.1, 0.15) is 27.2 Å². The Bertz CT molecular complexity index is 400. The number of amides is 1. The summed E-state index contributed by atoms with van der Waals surface area (Å²) in [6, 6.07) is -0.501. The number of hydrogen-bond donors (Lipinski definition) is 1. The highest BCUT2D eigenvalue weighted by atomic mass is 32.2. The molecule has 1 atom stereocenters. The van der Waals surface area contributed by atoms with Gasteiger partial charge in [0.2, 0.25) is 15.9 Å². The van der Waals surface area contributed by atoms with Crippen LogP contribution in [0.15, 0.2) is 0 Å². The molecule has 0 unspecified atom stereocenters. The highest BCUT2D eigenvalue weighted by Gasteiger charge is 2.30. The van der Waals surface area contributed by atoms with Crippen LogP contribution in [-0.4, -0.2) is 61.5 Å². The second kappa shape index (κ2) is 6.67. The summed E-state index contributed by atoms with van der Waals surface area (Å²) in [6.45, 7) is 7.27. The fourth-order valence-electron chi connectivity index (χ4n) is 2.07. The summed E-state index contributed by atoms with van der Waals surface area (Å²) < 4.78 is 25.3. The van der Waals surface area contributed by atoms with Crippen LogP contribution in [0, 0.1) is 5.92 Å². The average molecular weight is 291 g/mol. The molecule has 7 heteroatoms. The van der Waals surface area contributed by atoms with Gasteiger partial charge in [-0.05, 0) is 12.3 Å². The minimum absolute atomic E-state index is 0.0810. The van der Waals surface area contributed by atoms with Gasteiger partial charge in [-0.2, -0.15) is 4.31 Å². The van der Waals surface area contributed by atoms with Gasteiger partial charge in [0.05, 0.1) is 11.8 Å². The molecule has 1 heterocycles. The standard InChI is InChI=1S/C12H25N3O3S/c1-4-9-19(17,18)15-7-5-14(6-8-15)12(16)11(13)10(2)3/h10-11H,4-9,13H2,1-3H3/t11-/m0/s1. The van der Waals surface area contributed by atoms with Crippen LogP contribution in [-0.2, 0) is 14.8 Å². The van der Waals surface area contributed by atoms with Gasteiger partial charge in [0.25, 0.3) is 0 Å². The molecular weight excluding hydrogens is 266 g/mol. The van der Waals surface area contributed by atoms with E-state index in [2.05, 4.69) is 0 Å². The van der Waals surface area contributed by atoms with Crippen molar-refractivity contribution in [3.05, 3.63) is 0 Å². The molecular formula is C12H25N3O3S. The topological polar surface area (TPSA) is 83.7 Å². The zero-order chi connectivity index (χ0) is 14.6. The summed E-state index contributed by atoms with van der Waals surface area (Å²) in [4.78, 5) is 13.7. The first kappa shape index (κ1) is 16.4. The first-order chi connectivity index (χ1) is 8.79. The molecule has 1 fully saturated rings. The van der Waals surface area contributed by atoms with Gasteiger partial charge in [-0.25, -0.2) is 8.42 Å². The summed E-state index contributed by atoms with van der Waals surface area (Å²) in [6.07, 6.45) is 0.611. The molecule has 112 valence electrons. The fourth-order valence-corrected chi connectivity index (χ4v) is 3.56. The van der Waals surface area contributed by atoms with Crippen molar-refractivity contribution in [3.63, 3.8) is 0 Å². The maximum absolute atomic E-state index is 12.1. The number of carbonyl (C=O) groups is 1. The van der Waals surface area contributed by atoms with Crippen LogP contribution in [0.5, 0.6) is 0 Å². The van der Waals surface area contributed by atoms with E-state index in [0.717, 1.165) is 0 Å². The molecule has 1 aliphatic heterocycles. The SMILES string of the molecule is CCCS(=O)(=O)N1CCN(C(=O)[C@@H](N)C(C)C)CC1. The molecule has 1 rings (SSSR count). The molecule has 0 bridgehead atoms. The zero-order valence-corrected chi connectivity index (χ0v) is 12.8. The van der Waals surface area contributed by atoms with E-state index in [1.54, 1.807) is 4.90 Å². The summed E-state index contributed by atoms with van der Waals surface area (Å²) in [5.74, 6) is 0.184. The zero-order valence-electron chi connectivity index (χ0n) is 12.0. The quantitative estimate of drug-likeness (QED) is 0.764. The van der Waals surface area contributed by atoms with Crippen molar-refractivity contribution in [2.24, 2.45) is 11.7 Å². The molecule has 0 spiro atoms. The molecule has 0 saturated carbocycles. The highest BCUT2D eigenvalue weighted by molar-refractivity contribution is 7.89. The first-order valence-electron chi connectivity index (χ1n) is 6.81. The first-order valence-corrected chi connectivity index (χ1v) is 8.42. The summed E-state index contributed by atoms with van der Waals surface area (Å²) in [5, 5.41) is 0. The molecule has 6 nitrogen and oxygen atoms in total. The predicted molar refractivity (Wildman–Crippen MR) is 75.0 cm³/mol. The van der Waals surface area contributed by atoms with Crippen molar-refractivity contribution in [2.45, 2.75) is 33.2 Å². The fraction of sp³-hybridized carbons (Fsp3) is 0.917. The predicted octanol–water partition coefficient (Wildman–Crippen LogP) is -0.146. The van der Waals surface area contributed by atoms with Crippen LogP contribution < -0.4 is 5.73 Å². The van der Waals surface area contributed by atoms with E-state index in [9.17, 15) is 13.2 Å². The molecule has 0 aromatic rings. The average Bonchev–Trinajstić information content (AvgIpc) is 2.37. The molecule has 2 N–H and O–H groups in total. The van der Waals surface area contributed by atoms with E-state index in [1.807, 2.05) is 20.8 Å². The van der Waals surface area contributed by atoms with E-state index in [0.29, 0.717) is 32.6 Å². The molecule has 0 aromatic heterocycles. The molecule has 0 aliphatic carbocycles. The Morgan fingerprint density at radius 2 is 1.74 bits per heavy atom. The largest absolute Gasteiger partial charge is 0.339 e. The van der Waals surface area contributed by atoms with Gasteiger partial charge in [-0.3, -0.25) is 4.79 Å². The van der Waals surface area contributed by atoms with Crippen molar-refractivity contribution < 1.29 is 13.2 Å². The maximum atomic E-state index is 12.1. The third-order valence-electron chi connectivity index (χ3n) is 3.41. The van der Waals surface area contributed by atoms with Crippen LogP contribution in [0.2, 0.25) is 0 Å². The summed E-state index contributed by atoms with van der Waals surface area (Å²) >= 11 is 0. The van der Waals surface area contributed by atoms with Crippen LogP contribution >= 0.6 is 0 Å². The number of nitrogens with two attached hydrogens (primary N) is 1. The number of sulfonamides is 1. The third kappa shape index (κ3) is 4.15. The van der Waals surface area contributed by atoms with E-state index < -0.39 is 16.1 Å². The Labute approximate surface area is 116 Å². The number of rotatable bonds is 5. The van der Waals surface area contributed by atoms with Crippen molar-refractivity contribution >= 4 is 15.9 Å². The minimum atomic E-state index is -3.15. The summed E-state index contributed by atoms with van der Waals surface area (Å²) in [7, 11) is -3.15. The number of carbonyl (C=O) groups excluding carboxylic acids is 1. The Balaban J connectivity index is 2.56. The monoisotopic (exact) mass is 291 g/mol. The maximum Gasteiger partial charge on any atom is 0.239 e. The van der Waals surface area contributed by atoms with Crippen molar-refractivity contribution in [1.82, 2.24) is 9.21 Å². The van der Waals surface area contributed by atoms with E-state index >= 15 is 0 Å². The van der Waals surface area contributed by atoms with Crippen molar-refractivity contribution in [3.8, 4) is 0 Å². The minimum Gasteiger partial charge on any atom is -0.339 e. The van der Waals surface area contributed by atoms with Gasteiger partial charge in [0, 0.05) is 26.2 Å². The Morgan fingerprint density at radius 1 is 1.21 bits per heavy atom. The van der Waals surface area contributed by atoms with Gasteiger partial charge in [0.1, 0.15) is 0 Å². The van der Waals surface area contributed by atoms with Crippen molar-refractivity contribution in [2.75, 3.05) is 31.9 Å². The summed E-state index contributed by atoms with van der Waals surface area (Å²) in [5.41, 5.74) is 5.84. The molecule has 1 saturated heterocycles. The number of piperazine rings is 1. The van der Waals surface area contributed by atoms with Gasteiger partial charge in [-0.1, -0.05) is 20.8 Å².